The lowest BCUT2D eigenvalue weighted by Crippen LogP contribution is -2.48. The lowest BCUT2D eigenvalue weighted by Gasteiger charge is -2.37. The Morgan fingerprint density at radius 1 is 1.04 bits per heavy atom. The highest BCUT2D eigenvalue weighted by atomic mass is 32.1. The number of halogens is 1. The first-order valence-corrected chi connectivity index (χ1v) is 8.02. The Labute approximate surface area is 141 Å². The molecule has 3 nitrogen and oxygen atoms in total. The quantitative estimate of drug-likeness (QED) is 0.802. The number of para-hydroxylation sites is 1. The minimum atomic E-state index is -0.170. The van der Waals surface area contributed by atoms with Gasteiger partial charge in [0.25, 0.3) is 0 Å². The van der Waals surface area contributed by atoms with E-state index in [1.807, 2.05) is 36.4 Å². The van der Waals surface area contributed by atoms with Crippen molar-refractivity contribution >= 4 is 22.9 Å². The van der Waals surface area contributed by atoms with Crippen molar-refractivity contribution in [1.82, 2.24) is 4.90 Å². The Morgan fingerprint density at radius 3 is 2.48 bits per heavy atom. The van der Waals surface area contributed by atoms with E-state index >= 15 is 0 Å². The molecule has 1 heterocycles. The first kappa shape index (κ1) is 15.7. The van der Waals surface area contributed by atoms with Crippen LogP contribution in [0, 0.1) is 5.82 Å². The van der Waals surface area contributed by atoms with Crippen LogP contribution < -0.4 is 9.64 Å². The van der Waals surface area contributed by atoms with Crippen molar-refractivity contribution in [1.29, 1.82) is 0 Å². The Kier molecular flexibility index (Phi) is 4.76. The predicted octanol–water partition coefficient (Wildman–Crippen LogP) is 3.33. The fourth-order valence-corrected chi connectivity index (χ4v) is 3.11. The lowest BCUT2D eigenvalue weighted by molar-refractivity contribution is 0.389. The van der Waals surface area contributed by atoms with Crippen molar-refractivity contribution in [3.63, 3.8) is 0 Å². The summed E-state index contributed by atoms with van der Waals surface area (Å²) in [4.78, 5) is 5.05. The molecule has 0 saturated carbocycles. The van der Waals surface area contributed by atoms with Gasteiger partial charge in [-0.15, -0.1) is 0 Å². The fourth-order valence-electron chi connectivity index (χ4n) is 2.80. The molecule has 3 rings (SSSR count). The maximum Gasteiger partial charge on any atom is 0.146 e. The van der Waals surface area contributed by atoms with Crippen molar-refractivity contribution in [3.05, 3.63) is 59.9 Å². The number of hydrogen-bond donors (Lipinski definition) is 0. The van der Waals surface area contributed by atoms with Crippen LogP contribution in [0.25, 0.3) is 0 Å². The van der Waals surface area contributed by atoms with Crippen LogP contribution in [0.3, 0.4) is 0 Å². The second-order valence-electron chi connectivity index (χ2n) is 5.46. The van der Waals surface area contributed by atoms with Crippen molar-refractivity contribution < 1.29 is 9.13 Å². The van der Waals surface area contributed by atoms with E-state index in [0.29, 0.717) is 5.69 Å². The molecule has 0 N–H and O–H groups in total. The van der Waals surface area contributed by atoms with E-state index in [1.165, 1.54) is 6.07 Å². The van der Waals surface area contributed by atoms with Crippen LogP contribution in [0.4, 0.5) is 10.1 Å². The third-order valence-electron chi connectivity index (χ3n) is 4.08. The predicted molar refractivity (Wildman–Crippen MR) is 94.9 cm³/mol. The number of benzene rings is 2. The normalized spacial score (nSPS) is 14.7. The summed E-state index contributed by atoms with van der Waals surface area (Å²) < 4.78 is 19.1. The fraction of sp³-hybridized carbons (Fsp3) is 0.278. The Bertz CT molecular complexity index is 699. The molecule has 1 saturated heterocycles. The van der Waals surface area contributed by atoms with Gasteiger partial charge in [-0.2, -0.15) is 0 Å². The smallest absolute Gasteiger partial charge is 0.146 e. The number of nitrogens with zero attached hydrogens (tertiary/aromatic N) is 2. The molecule has 0 spiro atoms. The van der Waals surface area contributed by atoms with Gasteiger partial charge in [0.2, 0.25) is 0 Å². The molecule has 0 aliphatic carbocycles. The lowest BCUT2D eigenvalue weighted by atomic mass is 10.1. The molecule has 0 unspecified atom stereocenters. The van der Waals surface area contributed by atoms with Crippen LogP contribution in [0.2, 0.25) is 0 Å². The number of thiocarbonyl (C=S) groups is 1. The highest BCUT2D eigenvalue weighted by Crippen LogP contribution is 2.21. The monoisotopic (exact) mass is 330 g/mol. The van der Waals surface area contributed by atoms with E-state index in [-0.39, 0.29) is 5.82 Å². The number of anilines is 1. The van der Waals surface area contributed by atoms with Crippen LogP contribution >= 0.6 is 12.2 Å². The minimum absolute atomic E-state index is 0.170. The SMILES string of the molecule is COc1cccc(C(=S)N2CCN(c3ccccc3F)CC2)c1. The van der Waals surface area contributed by atoms with Crippen molar-refractivity contribution in [2.24, 2.45) is 0 Å². The molecule has 2 aromatic rings. The van der Waals surface area contributed by atoms with Gasteiger partial charge in [-0.1, -0.05) is 36.5 Å². The summed E-state index contributed by atoms with van der Waals surface area (Å²) in [6.45, 7) is 3.07. The summed E-state index contributed by atoms with van der Waals surface area (Å²) in [6.07, 6.45) is 0. The standard InChI is InChI=1S/C18H19FN2OS/c1-22-15-6-4-5-14(13-15)18(23)21-11-9-20(10-12-21)17-8-3-2-7-16(17)19/h2-8,13H,9-12H2,1H3. The highest BCUT2D eigenvalue weighted by molar-refractivity contribution is 7.80. The summed E-state index contributed by atoms with van der Waals surface area (Å²) in [7, 11) is 1.65. The van der Waals surface area contributed by atoms with Crippen LogP contribution in [0.5, 0.6) is 5.75 Å². The van der Waals surface area contributed by atoms with Gasteiger partial charge < -0.3 is 14.5 Å². The van der Waals surface area contributed by atoms with Crippen molar-refractivity contribution in [2.45, 2.75) is 0 Å². The molecule has 1 aliphatic rings. The number of hydrogen-bond acceptors (Lipinski definition) is 3. The molecular formula is C18H19FN2OS. The zero-order valence-electron chi connectivity index (χ0n) is 13.0. The van der Waals surface area contributed by atoms with E-state index in [0.717, 1.165) is 42.5 Å². The first-order valence-electron chi connectivity index (χ1n) is 7.62. The third kappa shape index (κ3) is 3.45. The van der Waals surface area contributed by atoms with Gasteiger partial charge in [0.05, 0.1) is 12.8 Å². The number of rotatable bonds is 3. The second-order valence-corrected chi connectivity index (χ2v) is 5.85. The summed E-state index contributed by atoms with van der Waals surface area (Å²) >= 11 is 5.61. The average molecular weight is 330 g/mol. The molecule has 23 heavy (non-hydrogen) atoms. The molecule has 0 aromatic heterocycles. The number of ether oxygens (including phenoxy) is 1. The molecule has 0 amide bonds. The van der Waals surface area contributed by atoms with Gasteiger partial charge in [-0.25, -0.2) is 4.39 Å². The molecule has 0 atom stereocenters. The summed E-state index contributed by atoms with van der Waals surface area (Å²) in [5.41, 5.74) is 1.65. The molecule has 2 aromatic carbocycles. The molecule has 1 aliphatic heterocycles. The zero-order valence-corrected chi connectivity index (χ0v) is 13.9. The van der Waals surface area contributed by atoms with Gasteiger partial charge in [0, 0.05) is 31.7 Å². The van der Waals surface area contributed by atoms with E-state index in [4.69, 9.17) is 17.0 Å². The Balaban J connectivity index is 1.66. The van der Waals surface area contributed by atoms with Crippen molar-refractivity contribution in [3.8, 4) is 5.75 Å². The van der Waals surface area contributed by atoms with Crippen LogP contribution in [-0.4, -0.2) is 43.2 Å². The van der Waals surface area contributed by atoms with Crippen LogP contribution in [0.15, 0.2) is 48.5 Å². The third-order valence-corrected chi connectivity index (χ3v) is 4.57. The highest BCUT2D eigenvalue weighted by Gasteiger charge is 2.21. The van der Waals surface area contributed by atoms with Crippen molar-refractivity contribution in [2.75, 3.05) is 38.2 Å². The van der Waals surface area contributed by atoms with Gasteiger partial charge in [0.15, 0.2) is 0 Å². The first-order chi connectivity index (χ1) is 11.2. The molecular weight excluding hydrogens is 311 g/mol. The molecule has 1 fully saturated rings. The van der Waals surface area contributed by atoms with Gasteiger partial charge in [-0.05, 0) is 24.3 Å². The molecule has 0 bridgehead atoms. The maximum absolute atomic E-state index is 13.9. The maximum atomic E-state index is 13.9. The van der Waals surface area contributed by atoms with Gasteiger partial charge in [-0.3, -0.25) is 0 Å². The Morgan fingerprint density at radius 2 is 1.78 bits per heavy atom. The van der Waals surface area contributed by atoms with Gasteiger partial charge >= 0.3 is 0 Å². The zero-order chi connectivity index (χ0) is 16.2. The summed E-state index contributed by atoms with van der Waals surface area (Å²) in [6, 6.07) is 14.7. The van der Waals surface area contributed by atoms with E-state index < -0.39 is 0 Å². The summed E-state index contributed by atoms with van der Waals surface area (Å²) in [5.74, 6) is 0.631. The van der Waals surface area contributed by atoms with E-state index in [1.54, 1.807) is 13.2 Å². The second kappa shape index (κ2) is 6.96. The van der Waals surface area contributed by atoms with E-state index in [9.17, 15) is 4.39 Å². The molecule has 0 radical (unpaired) electrons. The summed E-state index contributed by atoms with van der Waals surface area (Å²) in [5, 5.41) is 0. The molecule has 120 valence electrons. The number of piperazine rings is 1. The largest absolute Gasteiger partial charge is 0.497 e. The van der Waals surface area contributed by atoms with Crippen LogP contribution in [0.1, 0.15) is 5.56 Å². The number of methoxy groups -OCH3 is 1. The van der Waals surface area contributed by atoms with Crippen LogP contribution in [-0.2, 0) is 0 Å². The Hall–Kier alpha value is -2.14. The van der Waals surface area contributed by atoms with E-state index in [2.05, 4.69) is 9.80 Å². The topological polar surface area (TPSA) is 15.7 Å². The molecule has 5 heteroatoms. The van der Waals surface area contributed by atoms with Gasteiger partial charge in [0.1, 0.15) is 16.6 Å². The average Bonchev–Trinajstić information content (AvgIpc) is 2.62. The minimum Gasteiger partial charge on any atom is -0.497 e.